The zero-order valence-electron chi connectivity index (χ0n) is 13.1. The molecule has 2 fully saturated rings. The minimum absolute atomic E-state index is 0.0838. The highest BCUT2D eigenvalue weighted by Gasteiger charge is 2.50. The number of ether oxygens (including phenoxy) is 1. The fraction of sp³-hybridized carbons (Fsp3) is 0.929. The molecule has 1 saturated heterocycles. The Morgan fingerprint density at radius 1 is 1.33 bits per heavy atom. The second-order valence-electron chi connectivity index (χ2n) is 6.45. The van der Waals surface area contributed by atoms with Crippen molar-refractivity contribution in [2.75, 3.05) is 26.8 Å². The van der Waals surface area contributed by atoms with Crippen molar-refractivity contribution in [2.24, 2.45) is 5.41 Å². The number of nitrogens with one attached hydrogen (secondary N) is 1. The summed E-state index contributed by atoms with van der Waals surface area (Å²) in [5.74, 6) is -0.0844. The van der Waals surface area contributed by atoms with Gasteiger partial charge in [0.25, 0.3) is 0 Å². The molecule has 0 aromatic rings. The molecule has 0 aromatic carbocycles. The summed E-state index contributed by atoms with van der Waals surface area (Å²) in [6.45, 7) is 4.66. The number of hydrogen-bond donors (Lipinski definition) is 1. The molecule has 0 bridgehead atoms. The summed E-state index contributed by atoms with van der Waals surface area (Å²) >= 11 is 0. The molecule has 1 N–H and O–H groups in total. The maximum atomic E-state index is 12.2. The summed E-state index contributed by atoms with van der Waals surface area (Å²) in [5, 5.41) is 2.65. The highest BCUT2D eigenvalue weighted by Crippen LogP contribution is 2.49. The van der Waals surface area contributed by atoms with Crippen LogP contribution in [0.25, 0.3) is 0 Å². The molecule has 1 amide bonds. The van der Waals surface area contributed by atoms with Gasteiger partial charge < -0.3 is 10.1 Å². The van der Waals surface area contributed by atoms with Crippen LogP contribution in [0.2, 0.25) is 0 Å². The van der Waals surface area contributed by atoms with E-state index in [9.17, 15) is 13.2 Å². The highest BCUT2D eigenvalue weighted by atomic mass is 32.2. The molecule has 1 aliphatic heterocycles. The van der Waals surface area contributed by atoms with Crippen LogP contribution in [0.15, 0.2) is 0 Å². The van der Waals surface area contributed by atoms with Crippen LogP contribution in [0, 0.1) is 5.41 Å². The van der Waals surface area contributed by atoms with Crippen molar-refractivity contribution in [2.45, 2.75) is 50.8 Å². The first-order valence-corrected chi connectivity index (χ1v) is 9.09. The van der Waals surface area contributed by atoms with E-state index >= 15 is 0 Å². The lowest BCUT2D eigenvalue weighted by Gasteiger charge is -2.53. The van der Waals surface area contributed by atoms with Gasteiger partial charge in [-0.25, -0.2) is 12.7 Å². The predicted octanol–water partition coefficient (Wildman–Crippen LogP) is 0.732. The Hall–Kier alpha value is -0.660. The Balaban J connectivity index is 1.93. The predicted molar refractivity (Wildman–Crippen MR) is 80.3 cm³/mol. The van der Waals surface area contributed by atoms with Crippen LogP contribution in [-0.4, -0.2) is 56.7 Å². The van der Waals surface area contributed by atoms with Crippen molar-refractivity contribution >= 4 is 15.9 Å². The van der Waals surface area contributed by atoms with E-state index in [-0.39, 0.29) is 29.2 Å². The van der Waals surface area contributed by atoms with Gasteiger partial charge in [-0.1, -0.05) is 0 Å². The first-order valence-electron chi connectivity index (χ1n) is 7.59. The number of hydrogen-bond acceptors (Lipinski definition) is 4. The number of amides is 1. The summed E-state index contributed by atoms with van der Waals surface area (Å²) < 4.78 is 30.8. The Kier molecular flexibility index (Phi) is 4.95. The molecule has 1 heterocycles. The first-order chi connectivity index (χ1) is 9.82. The minimum Gasteiger partial charge on any atom is -0.375 e. The molecule has 1 aliphatic carbocycles. The van der Waals surface area contributed by atoms with Crippen LogP contribution in [0.3, 0.4) is 0 Å². The fourth-order valence-corrected chi connectivity index (χ4v) is 4.66. The van der Waals surface area contributed by atoms with Gasteiger partial charge in [-0.2, -0.15) is 0 Å². The molecular weight excluding hydrogens is 292 g/mol. The summed E-state index contributed by atoms with van der Waals surface area (Å²) in [6, 6.07) is 0.170. The smallest absolute Gasteiger partial charge is 0.246 e. The zero-order valence-corrected chi connectivity index (χ0v) is 13.9. The van der Waals surface area contributed by atoms with Crippen molar-refractivity contribution in [1.29, 1.82) is 0 Å². The van der Waals surface area contributed by atoms with Gasteiger partial charge in [0.2, 0.25) is 15.9 Å². The molecule has 6 nitrogen and oxygen atoms in total. The standard InChI is InChI=1S/C14H26N2O4S/c1-11(2)21(18,19)16-8-6-14(7-9-16)5-4-12(14)15-13(17)10-20-3/h11-12H,4-10H2,1-3H3,(H,15,17). The average Bonchev–Trinajstić information content (AvgIpc) is 2.44. The van der Waals surface area contributed by atoms with E-state index in [0.29, 0.717) is 13.1 Å². The third-order valence-electron chi connectivity index (χ3n) is 4.95. The molecule has 21 heavy (non-hydrogen) atoms. The summed E-state index contributed by atoms with van der Waals surface area (Å²) in [6.07, 6.45) is 3.71. The molecule has 0 aromatic heterocycles. The second-order valence-corrected chi connectivity index (χ2v) is 8.94. The molecule has 2 aliphatic rings. The third kappa shape index (κ3) is 3.24. The SMILES string of the molecule is COCC(=O)NC1CCC12CCN(S(=O)(=O)C(C)C)CC2. The second kappa shape index (κ2) is 6.22. The summed E-state index contributed by atoms with van der Waals surface area (Å²) in [5.41, 5.74) is 0.0897. The molecular formula is C14H26N2O4S. The molecule has 1 spiro atoms. The number of rotatable bonds is 5. The molecule has 122 valence electrons. The number of piperidine rings is 1. The van der Waals surface area contributed by atoms with Crippen LogP contribution in [-0.2, 0) is 19.6 Å². The lowest BCUT2D eigenvalue weighted by atomic mass is 9.59. The van der Waals surface area contributed by atoms with Crippen LogP contribution >= 0.6 is 0 Å². The lowest BCUT2D eigenvalue weighted by molar-refractivity contribution is -0.128. The van der Waals surface area contributed by atoms with E-state index in [1.165, 1.54) is 7.11 Å². The van der Waals surface area contributed by atoms with E-state index in [2.05, 4.69) is 5.32 Å². The third-order valence-corrected chi connectivity index (χ3v) is 7.23. The van der Waals surface area contributed by atoms with E-state index < -0.39 is 10.0 Å². The van der Waals surface area contributed by atoms with E-state index in [1.54, 1.807) is 18.2 Å². The van der Waals surface area contributed by atoms with Crippen molar-refractivity contribution < 1.29 is 17.9 Å². The number of nitrogens with zero attached hydrogens (tertiary/aromatic N) is 1. The lowest BCUT2D eigenvalue weighted by Crippen LogP contribution is -2.60. The fourth-order valence-electron chi connectivity index (χ4n) is 3.37. The van der Waals surface area contributed by atoms with Crippen LogP contribution in [0.4, 0.5) is 0 Å². The zero-order chi connectivity index (χ0) is 15.7. The van der Waals surface area contributed by atoms with Crippen LogP contribution < -0.4 is 5.32 Å². The van der Waals surface area contributed by atoms with E-state index in [4.69, 9.17) is 4.74 Å². The average molecular weight is 318 g/mol. The number of carbonyl (C=O) groups is 1. The normalized spacial score (nSPS) is 25.8. The quantitative estimate of drug-likeness (QED) is 0.811. The maximum absolute atomic E-state index is 12.2. The van der Waals surface area contributed by atoms with Crippen molar-refractivity contribution in [1.82, 2.24) is 9.62 Å². The summed E-state index contributed by atoms with van der Waals surface area (Å²) in [4.78, 5) is 11.6. The highest BCUT2D eigenvalue weighted by molar-refractivity contribution is 7.89. The van der Waals surface area contributed by atoms with Gasteiger partial charge in [-0.3, -0.25) is 4.79 Å². The van der Waals surface area contributed by atoms with Gasteiger partial charge in [0.15, 0.2) is 0 Å². The van der Waals surface area contributed by atoms with Gasteiger partial charge >= 0.3 is 0 Å². The van der Waals surface area contributed by atoms with Crippen molar-refractivity contribution in [3.63, 3.8) is 0 Å². The molecule has 7 heteroatoms. The molecule has 1 atom stereocenters. The number of carbonyl (C=O) groups excluding carboxylic acids is 1. The monoisotopic (exact) mass is 318 g/mol. The largest absolute Gasteiger partial charge is 0.375 e. The van der Waals surface area contributed by atoms with Crippen molar-refractivity contribution in [3.05, 3.63) is 0 Å². The Morgan fingerprint density at radius 3 is 2.38 bits per heavy atom. The van der Waals surface area contributed by atoms with Crippen LogP contribution in [0.5, 0.6) is 0 Å². The Bertz CT molecular complexity index is 481. The Morgan fingerprint density at radius 2 is 1.95 bits per heavy atom. The Labute approximate surface area is 127 Å². The number of methoxy groups -OCH3 is 1. The van der Waals surface area contributed by atoms with Gasteiger partial charge in [0, 0.05) is 26.2 Å². The molecule has 2 rings (SSSR count). The van der Waals surface area contributed by atoms with E-state index in [1.807, 2.05) is 0 Å². The van der Waals surface area contributed by atoms with Gasteiger partial charge in [-0.05, 0) is 44.9 Å². The maximum Gasteiger partial charge on any atom is 0.246 e. The van der Waals surface area contributed by atoms with Crippen molar-refractivity contribution in [3.8, 4) is 0 Å². The molecule has 0 radical (unpaired) electrons. The van der Waals surface area contributed by atoms with E-state index in [0.717, 1.165) is 25.7 Å². The van der Waals surface area contributed by atoms with Gasteiger partial charge in [0.05, 0.1) is 5.25 Å². The molecule has 1 saturated carbocycles. The van der Waals surface area contributed by atoms with Gasteiger partial charge in [0.1, 0.15) is 6.61 Å². The summed E-state index contributed by atoms with van der Waals surface area (Å²) in [7, 11) is -1.65. The van der Waals surface area contributed by atoms with Crippen LogP contribution in [0.1, 0.15) is 39.5 Å². The first kappa shape index (κ1) is 16.7. The molecule has 1 unspecified atom stereocenters. The number of sulfonamides is 1. The minimum atomic E-state index is -3.16. The topological polar surface area (TPSA) is 75.7 Å². The van der Waals surface area contributed by atoms with Gasteiger partial charge in [-0.15, -0.1) is 0 Å².